The van der Waals surface area contributed by atoms with Crippen LogP contribution in [0.15, 0.2) is 66.0 Å². The van der Waals surface area contributed by atoms with Crippen molar-refractivity contribution in [3.63, 3.8) is 0 Å². The van der Waals surface area contributed by atoms with E-state index >= 15 is 0 Å². The first-order valence-corrected chi connectivity index (χ1v) is 8.79. The Kier molecular flexibility index (Phi) is 4.76. The monoisotopic (exact) mass is 336 g/mol. The minimum atomic E-state index is -0.570. The number of thiazole rings is 1. The molecule has 0 fully saturated rings. The van der Waals surface area contributed by atoms with Crippen LogP contribution < -0.4 is 5.32 Å². The van der Waals surface area contributed by atoms with Crippen molar-refractivity contribution >= 4 is 17.2 Å². The van der Waals surface area contributed by atoms with Crippen molar-refractivity contribution in [1.82, 2.24) is 10.3 Å². The molecule has 0 saturated carbocycles. The summed E-state index contributed by atoms with van der Waals surface area (Å²) in [5.41, 5.74) is 2.42. The van der Waals surface area contributed by atoms with Gasteiger partial charge < -0.3 is 5.32 Å². The summed E-state index contributed by atoms with van der Waals surface area (Å²) in [6.07, 6.45) is 0. The number of hydrogen-bond donors (Lipinski definition) is 1. The number of nitrogens with one attached hydrogen (secondary N) is 1. The average Bonchev–Trinajstić information content (AvgIpc) is 3.10. The van der Waals surface area contributed by atoms with Crippen LogP contribution >= 0.6 is 11.3 Å². The lowest BCUT2D eigenvalue weighted by molar-refractivity contribution is -0.125. The normalized spacial score (nSPS) is 11.2. The maximum Gasteiger partial charge on any atom is 0.230 e. The van der Waals surface area contributed by atoms with E-state index < -0.39 is 5.41 Å². The van der Waals surface area contributed by atoms with Gasteiger partial charge in [0.1, 0.15) is 5.01 Å². The molecule has 0 atom stereocenters. The van der Waals surface area contributed by atoms with E-state index in [-0.39, 0.29) is 5.91 Å². The average molecular weight is 336 g/mol. The fraction of sp³-hybridized carbons (Fsp3) is 0.200. The SMILES string of the molecule is CC(C)(C(=O)NCc1csc(-c2ccccc2)n1)c1ccccc1. The van der Waals surface area contributed by atoms with Crippen LogP contribution in [0.5, 0.6) is 0 Å². The topological polar surface area (TPSA) is 42.0 Å². The second kappa shape index (κ2) is 6.97. The van der Waals surface area contributed by atoms with Gasteiger partial charge in [0, 0.05) is 10.9 Å². The molecular weight excluding hydrogens is 316 g/mol. The Morgan fingerprint density at radius 1 is 1.04 bits per heavy atom. The molecule has 0 radical (unpaired) electrons. The summed E-state index contributed by atoms with van der Waals surface area (Å²) in [5.74, 6) is 0.00274. The number of carbonyl (C=O) groups is 1. The number of hydrogen-bond acceptors (Lipinski definition) is 3. The maximum atomic E-state index is 12.6. The Morgan fingerprint density at radius 3 is 2.33 bits per heavy atom. The summed E-state index contributed by atoms with van der Waals surface area (Å²) >= 11 is 1.60. The predicted molar refractivity (Wildman–Crippen MR) is 98.9 cm³/mol. The molecule has 122 valence electrons. The summed E-state index contributed by atoms with van der Waals surface area (Å²) in [6.45, 7) is 4.32. The van der Waals surface area contributed by atoms with E-state index in [1.807, 2.05) is 79.9 Å². The van der Waals surface area contributed by atoms with Gasteiger partial charge in [0.05, 0.1) is 17.7 Å². The Bertz CT molecular complexity index is 810. The van der Waals surface area contributed by atoms with Gasteiger partial charge in [0.25, 0.3) is 0 Å². The van der Waals surface area contributed by atoms with E-state index in [2.05, 4.69) is 10.3 Å². The van der Waals surface area contributed by atoms with Crippen molar-refractivity contribution in [3.8, 4) is 10.6 Å². The molecule has 1 heterocycles. The molecule has 0 aliphatic rings. The molecular formula is C20H20N2OS. The summed E-state index contributed by atoms with van der Waals surface area (Å²) in [4.78, 5) is 17.2. The summed E-state index contributed by atoms with van der Waals surface area (Å²) in [6, 6.07) is 19.9. The molecule has 4 heteroatoms. The van der Waals surface area contributed by atoms with Gasteiger partial charge in [-0.2, -0.15) is 0 Å². The first kappa shape index (κ1) is 16.4. The smallest absolute Gasteiger partial charge is 0.230 e. The van der Waals surface area contributed by atoms with Crippen LogP contribution in [-0.4, -0.2) is 10.9 Å². The van der Waals surface area contributed by atoms with Crippen LogP contribution in [0.2, 0.25) is 0 Å². The zero-order valence-corrected chi connectivity index (χ0v) is 14.6. The van der Waals surface area contributed by atoms with Gasteiger partial charge in [0.15, 0.2) is 0 Å². The number of rotatable bonds is 5. The molecule has 0 aliphatic heterocycles. The number of amides is 1. The van der Waals surface area contributed by atoms with E-state index in [0.29, 0.717) is 6.54 Å². The van der Waals surface area contributed by atoms with E-state index in [4.69, 9.17) is 0 Å². The van der Waals surface area contributed by atoms with E-state index in [9.17, 15) is 4.79 Å². The number of carbonyl (C=O) groups excluding carboxylic acids is 1. The lowest BCUT2D eigenvalue weighted by Crippen LogP contribution is -2.39. The molecule has 3 aromatic rings. The van der Waals surface area contributed by atoms with Gasteiger partial charge in [-0.25, -0.2) is 4.98 Å². The van der Waals surface area contributed by atoms with Crippen molar-refractivity contribution in [3.05, 3.63) is 77.3 Å². The van der Waals surface area contributed by atoms with Crippen LogP contribution in [0.1, 0.15) is 25.1 Å². The zero-order valence-electron chi connectivity index (χ0n) is 13.8. The standard InChI is InChI=1S/C20H20N2OS/c1-20(2,16-11-7-4-8-12-16)19(23)21-13-17-14-24-18(22-17)15-9-5-3-6-10-15/h3-12,14H,13H2,1-2H3,(H,21,23). The van der Waals surface area contributed by atoms with Crippen LogP contribution in [0.25, 0.3) is 10.6 Å². The Morgan fingerprint density at radius 2 is 1.67 bits per heavy atom. The van der Waals surface area contributed by atoms with Crippen molar-refractivity contribution < 1.29 is 4.79 Å². The molecule has 0 saturated heterocycles. The third kappa shape index (κ3) is 3.54. The quantitative estimate of drug-likeness (QED) is 0.750. The second-order valence-electron chi connectivity index (χ2n) is 6.18. The van der Waals surface area contributed by atoms with Gasteiger partial charge >= 0.3 is 0 Å². The van der Waals surface area contributed by atoms with Gasteiger partial charge in [-0.1, -0.05) is 60.7 Å². The molecule has 0 bridgehead atoms. The third-order valence-corrected chi connectivity index (χ3v) is 5.01. The van der Waals surface area contributed by atoms with Crippen molar-refractivity contribution in [2.45, 2.75) is 25.8 Å². The maximum absolute atomic E-state index is 12.6. The highest BCUT2D eigenvalue weighted by atomic mass is 32.1. The number of nitrogens with zero attached hydrogens (tertiary/aromatic N) is 1. The van der Waals surface area contributed by atoms with Crippen LogP contribution in [-0.2, 0) is 16.8 Å². The summed E-state index contributed by atoms with van der Waals surface area (Å²) in [5, 5.41) is 5.98. The van der Waals surface area contributed by atoms with Gasteiger partial charge in [0.2, 0.25) is 5.91 Å². The fourth-order valence-electron chi connectivity index (χ4n) is 2.48. The minimum absolute atomic E-state index is 0.00274. The molecule has 24 heavy (non-hydrogen) atoms. The number of benzene rings is 2. The van der Waals surface area contributed by atoms with Gasteiger partial charge in [-0.05, 0) is 19.4 Å². The summed E-state index contributed by atoms with van der Waals surface area (Å²) in [7, 11) is 0. The van der Waals surface area contributed by atoms with E-state index in [0.717, 1.165) is 21.8 Å². The largest absolute Gasteiger partial charge is 0.350 e. The van der Waals surface area contributed by atoms with Crippen molar-refractivity contribution in [1.29, 1.82) is 0 Å². The highest BCUT2D eigenvalue weighted by molar-refractivity contribution is 7.13. The molecule has 0 spiro atoms. The van der Waals surface area contributed by atoms with Crippen molar-refractivity contribution in [2.24, 2.45) is 0 Å². The Hall–Kier alpha value is -2.46. The molecule has 3 rings (SSSR count). The van der Waals surface area contributed by atoms with Gasteiger partial charge in [-0.3, -0.25) is 4.79 Å². The number of aromatic nitrogens is 1. The van der Waals surface area contributed by atoms with Crippen molar-refractivity contribution in [2.75, 3.05) is 0 Å². The van der Waals surface area contributed by atoms with Crippen LogP contribution in [0.4, 0.5) is 0 Å². The van der Waals surface area contributed by atoms with E-state index in [1.165, 1.54) is 0 Å². The van der Waals surface area contributed by atoms with Crippen LogP contribution in [0.3, 0.4) is 0 Å². The highest BCUT2D eigenvalue weighted by Crippen LogP contribution is 2.25. The summed E-state index contributed by atoms with van der Waals surface area (Å²) < 4.78 is 0. The second-order valence-corrected chi connectivity index (χ2v) is 7.04. The highest BCUT2D eigenvalue weighted by Gasteiger charge is 2.29. The molecule has 3 nitrogen and oxygen atoms in total. The lowest BCUT2D eigenvalue weighted by Gasteiger charge is -2.23. The van der Waals surface area contributed by atoms with Gasteiger partial charge in [-0.15, -0.1) is 11.3 Å². The van der Waals surface area contributed by atoms with Crippen LogP contribution in [0, 0.1) is 0 Å². The molecule has 2 aromatic carbocycles. The molecule has 0 aliphatic carbocycles. The predicted octanol–water partition coefficient (Wildman–Crippen LogP) is 4.40. The van der Waals surface area contributed by atoms with E-state index in [1.54, 1.807) is 11.3 Å². The minimum Gasteiger partial charge on any atom is -0.350 e. The Balaban J connectivity index is 1.66. The first-order chi connectivity index (χ1) is 11.6. The lowest BCUT2D eigenvalue weighted by atomic mass is 9.84. The fourth-order valence-corrected chi connectivity index (χ4v) is 3.31. The first-order valence-electron chi connectivity index (χ1n) is 7.91. The molecule has 0 unspecified atom stereocenters. The zero-order chi connectivity index (χ0) is 17.0. The molecule has 1 amide bonds. The molecule has 1 aromatic heterocycles. The third-order valence-electron chi connectivity index (χ3n) is 4.07. The molecule has 1 N–H and O–H groups in total. The Labute approximate surface area is 146 Å².